The minimum Gasteiger partial charge on any atom is -0.383 e. The molecule has 1 atom stereocenters. The maximum atomic E-state index is 5.22. The van der Waals surface area contributed by atoms with E-state index >= 15 is 0 Å². The number of likely N-dealkylation sites (tertiary alicyclic amines) is 1. The number of hydrogen-bond donors (Lipinski definition) is 2. The van der Waals surface area contributed by atoms with Gasteiger partial charge in [0.1, 0.15) is 6.54 Å². The summed E-state index contributed by atoms with van der Waals surface area (Å²) in [5.74, 6) is 1.65. The SMILES string of the molecule is CCNC(=NCc1nnc2ccccn12)NCC1CCCN1CCOC.I. The number of pyridine rings is 1. The normalized spacial score (nSPS) is 17.9. The highest BCUT2D eigenvalue weighted by molar-refractivity contribution is 14.0. The van der Waals surface area contributed by atoms with Crippen molar-refractivity contribution < 1.29 is 4.74 Å². The molecule has 2 aromatic heterocycles. The van der Waals surface area contributed by atoms with Crippen molar-refractivity contribution >= 4 is 35.6 Å². The second-order valence-corrected chi connectivity index (χ2v) is 6.45. The number of nitrogens with zero attached hydrogens (tertiary/aromatic N) is 5. The first-order chi connectivity index (χ1) is 12.8. The number of aliphatic imine (C=N–C) groups is 1. The lowest BCUT2D eigenvalue weighted by Crippen LogP contribution is -2.45. The molecule has 1 aliphatic rings. The Kier molecular flexibility index (Phi) is 9.22. The van der Waals surface area contributed by atoms with E-state index in [0.717, 1.165) is 50.2 Å². The van der Waals surface area contributed by atoms with Gasteiger partial charge in [-0.25, -0.2) is 4.99 Å². The number of rotatable bonds is 8. The topological polar surface area (TPSA) is 79.1 Å². The van der Waals surface area contributed by atoms with Crippen LogP contribution in [0.5, 0.6) is 0 Å². The molecule has 3 heterocycles. The maximum Gasteiger partial charge on any atom is 0.191 e. The van der Waals surface area contributed by atoms with Crippen molar-refractivity contribution in [2.24, 2.45) is 4.99 Å². The smallest absolute Gasteiger partial charge is 0.191 e. The summed E-state index contributed by atoms with van der Waals surface area (Å²) in [7, 11) is 1.76. The Morgan fingerprint density at radius 1 is 1.33 bits per heavy atom. The van der Waals surface area contributed by atoms with Gasteiger partial charge >= 0.3 is 0 Å². The van der Waals surface area contributed by atoms with E-state index in [-0.39, 0.29) is 24.0 Å². The van der Waals surface area contributed by atoms with Gasteiger partial charge in [0.25, 0.3) is 0 Å². The van der Waals surface area contributed by atoms with Crippen molar-refractivity contribution in [3.05, 3.63) is 30.2 Å². The summed E-state index contributed by atoms with van der Waals surface area (Å²) in [6.07, 6.45) is 4.42. The zero-order chi connectivity index (χ0) is 18.2. The highest BCUT2D eigenvalue weighted by Crippen LogP contribution is 2.15. The molecule has 27 heavy (non-hydrogen) atoms. The van der Waals surface area contributed by atoms with Crippen LogP contribution >= 0.6 is 24.0 Å². The molecule has 1 fully saturated rings. The van der Waals surface area contributed by atoms with Crippen molar-refractivity contribution in [1.82, 2.24) is 30.1 Å². The van der Waals surface area contributed by atoms with Crippen molar-refractivity contribution in [3.8, 4) is 0 Å². The van der Waals surface area contributed by atoms with Gasteiger partial charge in [-0.2, -0.15) is 0 Å². The molecule has 2 aromatic rings. The van der Waals surface area contributed by atoms with Crippen molar-refractivity contribution in [3.63, 3.8) is 0 Å². The van der Waals surface area contributed by atoms with E-state index in [1.54, 1.807) is 7.11 Å². The number of methoxy groups -OCH3 is 1. The summed E-state index contributed by atoms with van der Waals surface area (Å²) >= 11 is 0. The largest absolute Gasteiger partial charge is 0.383 e. The van der Waals surface area contributed by atoms with Crippen molar-refractivity contribution in [1.29, 1.82) is 0 Å². The van der Waals surface area contributed by atoms with Gasteiger partial charge in [-0.05, 0) is 38.4 Å². The molecule has 0 bridgehead atoms. The molecule has 0 aliphatic carbocycles. The van der Waals surface area contributed by atoms with Crippen LogP contribution in [0.25, 0.3) is 5.65 Å². The van der Waals surface area contributed by atoms with Crippen LogP contribution in [0.3, 0.4) is 0 Å². The molecule has 1 aliphatic heterocycles. The van der Waals surface area contributed by atoms with Gasteiger partial charge in [0.15, 0.2) is 17.4 Å². The lowest BCUT2D eigenvalue weighted by atomic mass is 10.2. The predicted molar refractivity (Wildman–Crippen MR) is 118 cm³/mol. The first-order valence-electron chi connectivity index (χ1n) is 9.35. The Labute approximate surface area is 177 Å². The molecule has 150 valence electrons. The van der Waals surface area contributed by atoms with E-state index in [2.05, 4.69) is 37.6 Å². The minimum absolute atomic E-state index is 0. The highest BCUT2D eigenvalue weighted by Gasteiger charge is 2.23. The van der Waals surface area contributed by atoms with Gasteiger partial charge < -0.3 is 15.4 Å². The van der Waals surface area contributed by atoms with Gasteiger partial charge in [0, 0.05) is 39.0 Å². The third-order valence-electron chi connectivity index (χ3n) is 4.69. The Bertz CT molecular complexity index is 721. The monoisotopic (exact) mass is 487 g/mol. The molecule has 0 radical (unpaired) electrons. The molecule has 3 rings (SSSR count). The van der Waals surface area contributed by atoms with Crippen molar-refractivity contribution in [2.45, 2.75) is 32.4 Å². The summed E-state index contributed by atoms with van der Waals surface area (Å²) in [4.78, 5) is 7.17. The fourth-order valence-corrected chi connectivity index (χ4v) is 3.33. The quantitative estimate of drug-likeness (QED) is 0.334. The summed E-state index contributed by atoms with van der Waals surface area (Å²) in [6, 6.07) is 6.41. The average molecular weight is 487 g/mol. The molecule has 2 N–H and O–H groups in total. The molecule has 0 aromatic carbocycles. The molecule has 0 spiro atoms. The fraction of sp³-hybridized carbons (Fsp3) is 0.611. The third kappa shape index (κ3) is 6.01. The summed E-state index contributed by atoms with van der Waals surface area (Å²) < 4.78 is 7.19. The van der Waals surface area contributed by atoms with Crippen LogP contribution < -0.4 is 10.6 Å². The van der Waals surface area contributed by atoms with E-state index < -0.39 is 0 Å². The molecule has 1 unspecified atom stereocenters. The first-order valence-corrected chi connectivity index (χ1v) is 9.35. The van der Waals surface area contributed by atoms with Crippen LogP contribution in [0, 0.1) is 0 Å². The van der Waals surface area contributed by atoms with Gasteiger partial charge in [0.05, 0.1) is 6.61 Å². The van der Waals surface area contributed by atoms with Crippen LogP contribution in [-0.2, 0) is 11.3 Å². The maximum absolute atomic E-state index is 5.22. The second kappa shape index (κ2) is 11.4. The number of fused-ring (bicyclic) bond motifs is 1. The number of ether oxygens (including phenoxy) is 1. The molecule has 8 nitrogen and oxygen atoms in total. The second-order valence-electron chi connectivity index (χ2n) is 6.45. The van der Waals surface area contributed by atoms with E-state index in [9.17, 15) is 0 Å². The number of nitrogens with one attached hydrogen (secondary N) is 2. The summed E-state index contributed by atoms with van der Waals surface area (Å²) in [6.45, 7) is 7.19. The van der Waals surface area contributed by atoms with Gasteiger partial charge in [-0.3, -0.25) is 9.30 Å². The molecule has 0 amide bonds. The Morgan fingerprint density at radius 3 is 3.04 bits per heavy atom. The lowest BCUT2D eigenvalue weighted by Gasteiger charge is -2.25. The first kappa shape index (κ1) is 21.8. The standard InChI is InChI=1S/C18H29N7O.HI/c1-3-19-18(20-13-15-7-6-9-24(15)11-12-26-2)21-14-17-23-22-16-8-4-5-10-25(16)17;/h4-5,8,10,15H,3,6-7,9,11-14H2,1-2H3,(H2,19,20,21);1H. The number of halogens is 1. The third-order valence-corrected chi connectivity index (χ3v) is 4.69. The molecule has 1 saturated heterocycles. The Hall–Kier alpha value is -1.46. The molecule has 9 heteroatoms. The van der Waals surface area contributed by atoms with Gasteiger partial charge in [0.2, 0.25) is 0 Å². The molecular weight excluding hydrogens is 457 g/mol. The van der Waals surface area contributed by atoms with Crippen LogP contribution in [0.2, 0.25) is 0 Å². The number of hydrogen-bond acceptors (Lipinski definition) is 5. The van der Waals surface area contributed by atoms with E-state index in [4.69, 9.17) is 4.74 Å². The fourth-order valence-electron chi connectivity index (χ4n) is 3.33. The predicted octanol–water partition coefficient (Wildman–Crippen LogP) is 1.51. The molecule has 0 saturated carbocycles. The van der Waals surface area contributed by atoms with Crippen molar-refractivity contribution in [2.75, 3.05) is 39.9 Å². The highest BCUT2D eigenvalue weighted by atomic mass is 127. The Balaban J connectivity index is 0.00000261. The zero-order valence-corrected chi connectivity index (χ0v) is 18.4. The van der Waals surface area contributed by atoms with E-state index in [1.165, 1.54) is 12.8 Å². The Morgan fingerprint density at radius 2 is 2.22 bits per heavy atom. The zero-order valence-electron chi connectivity index (χ0n) is 16.1. The van der Waals surface area contributed by atoms with Crippen LogP contribution in [0.1, 0.15) is 25.6 Å². The van der Waals surface area contributed by atoms with Crippen LogP contribution in [0.15, 0.2) is 29.4 Å². The minimum atomic E-state index is 0. The average Bonchev–Trinajstić information content (AvgIpc) is 3.29. The summed E-state index contributed by atoms with van der Waals surface area (Å²) in [5, 5.41) is 15.2. The van der Waals surface area contributed by atoms with Gasteiger partial charge in [-0.1, -0.05) is 6.07 Å². The summed E-state index contributed by atoms with van der Waals surface area (Å²) in [5.41, 5.74) is 0.843. The van der Waals surface area contributed by atoms with Crippen LogP contribution in [-0.4, -0.2) is 71.4 Å². The molecular formula is C18H30IN7O. The number of aromatic nitrogens is 3. The lowest BCUT2D eigenvalue weighted by molar-refractivity contribution is 0.141. The van der Waals surface area contributed by atoms with Gasteiger partial charge in [-0.15, -0.1) is 34.2 Å². The van der Waals surface area contributed by atoms with E-state index in [1.807, 2.05) is 28.8 Å². The number of guanidine groups is 1. The van der Waals surface area contributed by atoms with E-state index in [0.29, 0.717) is 12.6 Å². The van der Waals surface area contributed by atoms with Crippen LogP contribution in [0.4, 0.5) is 0 Å².